The Morgan fingerprint density at radius 1 is 0.291 bits per heavy atom. The Labute approximate surface area is 638 Å². The summed E-state index contributed by atoms with van der Waals surface area (Å²) in [7, 11) is 1.54. The number of aliphatic hydroxyl groups excluding tert-OH is 18. The third-order valence-electron chi connectivity index (χ3n) is 14.0. The van der Waals surface area contributed by atoms with Crippen LogP contribution in [-0.4, -0.2) is 412 Å². The van der Waals surface area contributed by atoms with Gasteiger partial charge in [0, 0.05) is 111 Å². The number of nitrogens with zero attached hydrogens (tertiary/aromatic N) is 4. The van der Waals surface area contributed by atoms with Crippen LogP contribution in [0.5, 0.6) is 0 Å². The Balaban J connectivity index is -0.000000685. The number of ether oxygens (including phenoxy) is 7. The topological polar surface area (TPSA) is 636 Å². The Morgan fingerprint density at radius 2 is 0.500 bits per heavy atom. The average molecular weight is 1590 g/mol. The number of hydrogen-bond acceptors (Lipinski definition) is 38. The van der Waals surface area contributed by atoms with Crippen LogP contribution in [0, 0.1) is 0 Å². The van der Waals surface area contributed by atoms with E-state index in [-0.39, 0.29) is 144 Å². The van der Waals surface area contributed by atoms with Crippen molar-refractivity contribution >= 4 is 53.7 Å². The Bertz CT molecular complexity index is 2750. The summed E-state index contributed by atoms with van der Waals surface area (Å²) in [5.74, 6) is -6.84. The lowest BCUT2D eigenvalue weighted by molar-refractivity contribution is -0.144. The van der Waals surface area contributed by atoms with Gasteiger partial charge in [-0.3, -0.25) is 24.3 Å². The van der Waals surface area contributed by atoms with Gasteiger partial charge in [-0.25, -0.2) is 33.6 Å². The van der Waals surface area contributed by atoms with E-state index in [0.717, 1.165) is 0 Å². The van der Waals surface area contributed by atoms with E-state index < -0.39 is 191 Å². The molecule has 40 nitrogen and oxygen atoms in total. The Hall–Kier alpha value is -7.47. The number of esters is 7. The summed E-state index contributed by atoms with van der Waals surface area (Å²) in [6, 6.07) is 0. The summed E-state index contributed by atoms with van der Waals surface area (Å²) < 4.78 is 33.9. The zero-order valence-electron chi connectivity index (χ0n) is 63.7. The molecule has 0 radical (unpaired) electrons. The van der Waals surface area contributed by atoms with E-state index in [9.17, 15) is 125 Å². The molecular weight excluding hydrogens is 1470 g/mol. The van der Waals surface area contributed by atoms with Crippen LogP contribution < -0.4 is 0 Å². The third kappa shape index (κ3) is 55.9. The lowest BCUT2D eigenvalue weighted by Crippen LogP contribution is -2.52. The predicted octanol–water partition coefficient (Wildman–Crippen LogP) is -7.28. The number of likely N-dealkylation sites (N-methyl/N-ethyl adjacent to an activating group) is 1. The van der Waals surface area contributed by atoms with Crippen molar-refractivity contribution in [3.63, 3.8) is 0 Å². The van der Waals surface area contributed by atoms with Gasteiger partial charge in [-0.05, 0) is 68.5 Å². The zero-order chi connectivity index (χ0) is 86.0. The van der Waals surface area contributed by atoms with Crippen molar-refractivity contribution < 1.29 is 178 Å². The van der Waals surface area contributed by atoms with Gasteiger partial charge in [0.1, 0.15) is 126 Å². The van der Waals surface area contributed by atoms with Gasteiger partial charge in [0.05, 0.1) is 37.9 Å². The summed E-state index contributed by atoms with van der Waals surface area (Å²) >= 11 is 0. The molecule has 0 aromatic rings. The number of rotatable bonds is 55. The summed E-state index contributed by atoms with van der Waals surface area (Å²) in [5.41, 5.74) is 1.19. The third-order valence-corrected chi connectivity index (χ3v) is 14.0. The minimum absolute atomic E-state index is 0.0336. The number of hydrogen-bond donors (Lipinski definition) is 20. The molecule has 16 atom stereocenters. The second-order valence-electron chi connectivity index (χ2n) is 26.0. The number of carbonyl (C=O) groups is 9. The second-order valence-corrected chi connectivity index (χ2v) is 26.0. The van der Waals surface area contributed by atoms with Crippen molar-refractivity contribution in [2.24, 2.45) is 0 Å². The van der Waals surface area contributed by atoms with Crippen LogP contribution in [0.2, 0.25) is 0 Å². The SMILES string of the molecule is C=C(C)C(=O)OCC(O)CN(C)CC(O)C(O)C(O)C(O)CO.C=C(C)C(=O)OCC(O)CN(CC(O)COC(=O)C(=C)C)CC(O)C(O)C(O)C(O)CO.C=C(C)C(=O)OCC(O)CN(CC(O)COC(=O)C(=C)C)CC(O)CC(=O)O.C=C(C)C(=O)OCC(O)CN(CCCC(=O)O)CC(O)COC(=O)C(=C)C. The second kappa shape index (κ2) is 60.2. The van der Waals surface area contributed by atoms with Gasteiger partial charge < -0.3 is 140 Å². The van der Waals surface area contributed by atoms with Gasteiger partial charge in [-0.1, -0.05) is 46.1 Å². The molecule has 636 valence electrons. The molecule has 40 heteroatoms. The van der Waals surface area contributed by atoms with Crippen LogP contribution in [0.4, 0.5) is 0 Å². The highest BCUT2D eigenvalue weighted by atomic mass is 16.6. The van der Waals surface area contributed by atoms with Gasteiger partial charge in [-0.2, -0.15) is 0 Å². The quantitative estimate of drug-likeness (QED) is 0.0153. The molecule has 0 rings (SSSR count). The van der Waals surface area contributed by atoms with Crippen molar-refractivity contribution in [2.75, 3.05) is 139 Å². The zero-order valence-corrected chi connectivity index (χ0v) is 63.7. The van der Waals surface area contributed by atoms with E-state index in [1.807, 2.05) is 0 Å². The fourth-order valence-corrected chi connectivity index (χ4v) is 8.31. The molecule has 0 aliphatic rings. The van der Waals surface area contributed by atoms with Crippen molar-refractivity contribution in [3.05, 3.63) is 85.1 Å². The highest BCUT2D eigenvalue weighted by Crippen LogP contribution is 2.13. The molecule has 0 aliphatic carbocycles. The molecule has 0 amide bonds. The van der Waals surface area contributed by atoms with Gasteiger partial charge in [0.15, 0.2) is 0 Å². The summed E-state index contributed by atoms with van der Waals surface area (Å²) in [5, 5.41) is 193. The largest absolute Gasteiger partial charge is 0.481 e. The molecular formula is C70H120N4O36. The predicted molar refractivity (Wildman–Crippen MR) is 387 cm³/mol. The molecule has 20 N–H and O–H groups in total. The Morgan fingerprint density at radius 3 is 0.727 bits per heavy atom. The molecule has 0 aliphatic heterocycles. The summed E-state index contributed by atoms with van der Waals surface area (Å²) in [4.78, 5) is 107. The van der Waals surface area contributed by atoms with Gasteiger partial charge in [0.2, 0.25) is 0 Å². The maximum absolute atomic E-state index is 11.5. The molecule has 0 fully saturated rings. The standard InChI is InChI=1S/C20H35NO11.C18H29NO9.C18H29NO8.C14H27NO8/c1-11(2)19(29)31-9-13(23)5-21(6-14(24)10-32-20(30)12(3)4)7-15(25)17(27)18(28)16(26)8-22;1-11(2)17(25)27-9-14(21)7-19(6-13(20)5-16(23)24)8-15(22)10-28-18(26)12(3)4;1-12(2)17(24)26-10-14(20)8-19(7-5-6-16(22)23)9-15(21)11-27-18(25)13(3)4;1-8(2)14(22)23-7-9(17)4-15(3)5-10(18)12(20)13(21)11(19)6-16/h13-18,22-28H,1,3,5-10H2,2,4H3;13-15,20-22H,1,3,5-10H2,2,4H3,(H,23,24);14-15,20-21H,1,3,5-11H2,2,4H3,(H,22,23);9-13,16-21H,1,4-7H2,2-3H3. The first-order valence-electron chi connectivity index (χ1n) is 34.0. The first-order chi connectivity index (χ1) is 50.8. The van der Waals surface area contributed by atoms with E-state index >= 15 is 0 Å². The van der Waals surface area contributed by atoms with Crippen molar-refractivity contribution in [3.8, 4) is 0 Å². The van der Waals surface area contributed by atoms with E-state index in [0.29, 0.717) is 6.42 Å². The molecule has 0 aromatic carbocycles. The number of aliphatic hydroxyl groups is 18. The maximum Gasteiger partial charge on any atom is 0.333 e. The van der Waals surface area contributed by atoms with E-state index in [1.54, 1.807) is 4.90 Å². The van der Waals surface area contributed by atoms with Crippen LogP contribution >= 0.6 is 0 Å². The number of carboxylic acids is 2. The molecule has 110 heavy (non-hydrogen) atoms. The van der Waals surface area contributed by atoms with Crippen molar-refractivity contribution in [1.82, 2.24) is 19.6 Å². The van der Waals surface area contributed by atoms with Crippen LogP contribution in [0.1, 0.15) is 67.7 Å². The van der Waals surface area contributed by atoms with Crippen molar-refractivity contribution in [2.45, 2.75) is 165 Å². The molecule has 0 heterocycles. The maximum atomic E-state index is 11.5. The van der Waals surface area contributed by atoms with Crippen LogP contribution in [0.25, 0.3) is 0 Å². The number of aliphatic carboxylic acids is 2. The first kappa shape index (κ1) is 109. The lowest BCUT2D eigenvalue weighted by atomic mass is 10.0. The van der Waals surface area contributed by atoms with Crippen LogP contribution in [0.15, 0.2) is 85.1 Å². The minimum atomic E-state index is -1.86. The molecule has 0 saturated carbocycles. The summed E-state index contributed by atoms with van der Waals surface area (Å²) in [6.07, 6.45) is -23.0. The van der Waals surface area contributed by atoms with E-state index in [4.69, 9.17) is 53.6 Å². The minimum Gasteiger partial charge on any atom is -0.481 e. The first-order valence-corrected chi connectivity index (χ1v) is 34.0. The van der Waals surface area contributed by atoms with Gasteiger partial charge in [0.25, 0.3) is 0 Å². The molecule has 0 bridgehead atoms. The highest BCUT2D eigenvalue weighted by Gasteiger charge is 2.34. The van der Waals surface area contributed by atoms with Crippen LogP contribution in [0.3, 0.4) is 0 Å². The fourth-order valence-electron chi connectivity index (χ4n) is 8.31. The normalized spacial score (nSPS) is 15.5. The fraction of sp³-hybridized carbons (Fsp3) is 0.671. The number of carbonyl (C=O) groups excluding carboxylic acids is 7. The van der Waals surface area contributed by atoms with Gasteiger partial charge >= 0.3 is 53.7 Å². The smallest absolute Gasteiger partial charge is 0.333 e. The molecule has 0 spiro atoms. The average Bonchev–Trinajstić information content (AvgIpc) is 0.882. The molecule has 16 unspecified atom stereocenters. The Kier molecular flexibility index (Phi) is 59.6. The molecule has 0 saturated heterocycles. The van der Waals surface area contributed by atoms with Gasteiger partial charge in [-0.15, -0.1) is 0 Å². The monoisotopic (exact) mass is 1590 g/mol. The highest BCUT2D eigenvalue weighted by molar-refractivity contribution is 5.89. The van der Waals surface area contributed by atoms with Crippen molar-refractivity contribution in [1.29, 1.82) is 0 Å². The van der Waals surface area contributed by atoms with E-state index in [2.05, 4.69) is 46.1 Å². The summed E-state index contributed by atoms with van der Waals surface area (Å²) in [6.45, 7) is 29.1. The van der Waals surface area contributed by atoms with E-state index in [1.165, 1.54) is 70.2 Å². The lowest BCUT2D eigenvalue weighted by Gasteiger charge is -2.32. The van der Waals surface area contributed by atoms with Crippen LogP contribution in [-0.2, 0) is 76.3 Å². The molecule has 0 aromatic heterocycles. The number of carboxylic acid groups (broad SMARTS) is 2.